The molecule has 0 aromatic carbocycles. The highest BCUT2D eigenvalue weighted by atomic mass is 16.2. The topological polar surface area (TPSA) is 70.2 Å². The quantitative estimate of drug-likeness (QED) is 0.507. The Hall–Kier alpha value is -1.10. The Bertz CT molecular complexity index is 207. The lowest BCUT2D eigenvalue weighted by Gasteiger charge is -2.13. The van der Waals surface area contributed by atoms with Crippen LogP contribution in [-0.2, 0) is 9.59 Å². The van der Waals surface area contributed by atoms with Gasteiger partial charge in [-0.2, -0.15) is 0 Å². The van der Waals surface area contributed by atoms with Crippen molar-refractivity contribution in [2.75, 3.05) is 19.6 Å². The Labute approximate surface area is 91.0 Å². The van der Waals surface area contributed by atoms with Gasteiger partial charge in [0.2, 0.25) is 11.8 Å². The summed E-state index contributed by atoms with van der Waals surface area (Å²) in [6, 6.07) is -0.459. The van der Waals surface area contributed by atoms with Gasteiger partial charge in [0.1, 0.15) is 6.04 Å². The summed E-state index contributed by atoms with van der Waals surface area (Å²) >= 11 is 0. The van der Waals surface area contributed by atoms with Gasteiger partial charge in [-0.1, -0.05) is 6.92 Å². The maximum atomic E-state index is 11.3. The fourth-order valence-electron chi connectivity index (χ4n) is 1.09. The van der Waals surface area contributed by atoms with Crippen molar-refractivity contribution < 1.29 is 9.59 Å². The molecule has 0 saturated heterocycles. The minimum atomic E-state index is -0.459. The van der Waals surface area contributed by atoms with Gasteiger partial charge in [0.15, 0.2) is 0 Å². The van der Waals surface area contributed by atoms with Crippen LogP contribution < -0.4 is 16.0 Å². The summed E-state index contributed by atoms with van der Waals surface area (Å²) in [5, 5.41) is 8.33. The van der Waals surface area contributed by atoms with E-state index in [2.05, 4.69) is 16.0 Å². The van der Waals surface area contributed by atoms with Gasteiger partial charge in [-0.25, -0.2) is 0 Å². The number of carbonyl (C=O) groups is 2. The van der Waals surface area contributed by atoms with E-state index in [1.54, 1.807) is 6.92 Å². The zero-order valence-electron chi connectivity index (χ0n) is 9.72. The van der Waals surface area contributed by atoms with Crippen molar-refractivity contribution in [1.82, 2.24) is 16.0 Å². The maximum absolute atomic E-state index is 11.3. The van der Waals surface area contributed by atoms with Gasteiger partial charge < -0.3 is 16.0 Å². The molecule has 0 aromatic heterocycles. The average molecular weight is 215 g/mol. The second-order valence-electron chi connectivity index (χ2n) is 3.29. The normalized spacial score (nSPS) is 11.9. The molecule has 5 nitrogen and oxygen atoms in total. The van der Waals surface area contributed by atoms with Crippen LogP contribution in [0, 0.1) is 0 Å². The van der Waals surface area contributed by atoms with Gasteiger partial charge >= 0.3 is 0 Å². The number of hydrogen-bond donors (Lipinski definition) is 3. The monoisotopic (exact) mass is 215 g/mol. The molecule has 1 unspecified atom stereocenters. The Morgan fingerprint density at radius 2 is 1.87 bits per heavy atom. The van der Waals surface area contributed by atoms with Gasteiger partial charge in [0.05, 0.1) is 0 Å². The standard InChI is InChI=1S/C10H21N3O2/c1-4-11-7-6-9(14)13-8(3)10(15)12-5-2/h8,11H,4-7H2,1-3H3,(H,12,15)(H,13,14). The van der Waals surface area contributed by atoms with Gasteiger partial charge in [0, 0.05) is 19.5 Å². The number of carbonyl (C=O) groups excluding carboxylic acids is 2. The van der Waals surface area contributed by atoms with Gasteiger partial charge in [-0.05, 0) is 20.4 Å². The van der Waals surface area contributed by atoms with E-state index in [9.17, 15) is 9.59 Å². The predicted octanol–water partition coefficient (Wildman–Crippen LogP) is -0.373. The third kappa shape index (κ3) is 6.90. The fraction of sp³-hybridized carbons (Fsp3) is 0.800. The predicted molar refractivity (Wildman–Crippen MR) is 59.4 cm³/mol. The first kappa shape index (κ1) is 13.9. The van der Waals surface area contributed by atoms with E-state index in [0.717, 1.165) is 6.54 Å². The summed E-state index contributed by atoms with van der Waals surface area (Å²) in [6.45, 7) is 7.57. The molecular formula is C10H21N3O2. The number of likely N-dealkylation sites (N-methyl/N-ethyl adjacent to an activating group) is 1. The van der Waals surface area contributed by atoms with Crippen molar-refractivity contribution in [3.63, 3.8) is 0 Å². The van der Waals surface area contributed by atoms with Crippen LogP contribution in [0.1, 0.15) is 27.2 Å². The molecule has 0 saturated carbocycles. The lowest BCUT2D eigenvalue weighted by Crippen LogP contribution is -2.45. The van der Waals surface area contributed by atoms with Gasteiger partial charge in [0.25, 0.3) is 0 Å². The van der Waals surface area contributed by atoms with Crippen LogP contribution in [0.5, 0.6) is 0 Å². The molecule has 2 amide bonds. The van der Waals surface area contributed by atoms with Crippen LogP contribution in [0.2, 0.25) is 0 Å². The summed E-state index contributed by atoms with van der Waals surface area (Å²) in [7, 11) is 0. The van der Waals surface area contributed by atoms with Crippen molar-refractivity contribution in [3.8, 4) is 0 Å². The Morgan fingerprint density at radius 3 is 2.40 bits per heavy atom. The lowest BCUT2D eigenvalue weighted by molar-refractivity contribution is -0.128. The van der Waals surface area contributed by atoms with Crippen molar-refractivity contribution in [2.45, 2.75) is 33.2 Å². The molecule has 0 rings (SSSR count). The zero-order valence-corrected chi connectivity index (χ0v) is 9.72. The van der Waals surface area contributed by atoms with Gasteiger partial charge in [-0.3, -0.25) is 9.59 Å². The first-order valence-corrected chi connectivity index (χ1v) is 5.39. The minimum Gasteiger partial charge on any atom is -0.355 e. The molecule has 0 heterocycles. The van der Waals surface area contributed by atoms with E-state index in [-0.39, 0.29) is 11.8 Å². The average Bonchev–Trinajstić information content (AvgIpc) is 2.18. The van der Waals surface area contributed by atoms with Crippen molar-refractivity contribution in [1.29, 1.82) is 0 Å². The molecule has 0 aliphatic carbocycles. The molecule has 0 aromatic rings. The Kier molecular flexibility index (Phi) is 7.62. The first-order chi connectivity index (χ1) is 7.11. The van der Waals surface area contributed by atoms with Crippen LogP contribution in [-0.4, -0.2) is 37.5 Å². The highest BCUT2D eigenvalue weighted by Crippen LogP contribution is 1.85. The molecule has 0 aliphatic rings. The molecule has 0 aliphatic heterocycles. The van der Waals surface area contributed by atoms with Crippen molar-refractivity contribution >= 4 is 11.8 Å². The van der Waals surface area contributed by atoms with Crippen LogP contribution in [0.4, 0.5) is 0 Å². The summed E-state index contributed by atoms with van der Waals surface area (Å²) in [5.41, 5.74) is 0. The summed E-state index contributed by atoms with van der Waals surface area (Å²) in [6.07, 6.45) is 0.400. The molecule has 0 fully saturated rings. The van der Waals surface area contributed by atoms with Crippen molar-refractivity contribution in [3.05, 3.63) is 0 Å². The zero-order chi connectivity index (χ0) is 11.7. The summed E-state index contributed by atoms with van der Waals surface area (Å²) in [5.74, 6) is -0.246. The molecular weight excluding hydrogens is 194 g/mol. The van der Waals surface area contributed by atoms with E-state index < -0.39 is 6.04 Å². The summed E-state index contributed by atoms with van der Waals surface area (Å²) < 4.78 is 0. The summed E-state index contributed by atoms with van der Waals surface area (Å²) in [4.78, 5) is 22.6. The fourth-order valence-corrected chi connectivity index (χ4v) is 1.09. The molecule has 15 heavy (non-hydrogen) atoms. The molecule has 1 atom stereocenters. The molecule has 0 bridgehead atoms. The van der Waals surface area contributed by atoms with E-state index in [1.807, 2.05) is 13.8 Å². The van der Waals surface area contributed by atoms with Crippen LogP contribution in [0.3, 0.4) is 0 Å². The molecule has 5 heteroatoms. The molecule has 0 spiro atoms. The second kappa shape index (κ2) is 8.23. The minimum absolute atomic E-state index is 0.102. The van der Waals surface area contributed by atoms with Crippen LogP contribution in [0.15, 0.2) is 0 Å². The van der Waals surface area contributed by atoms with E-state index >= 15 is 0 Å². The molecule has 88 valence electrons. The molecule has 0 radical (unpaired) electrons. The molecule has 3 N–H and O–H groups in total. The smallest absolute Gasteiger partial charge is 0.242 e. The van der Waals surface area contributed by atoms with E-state index in [1.165, 1.54) is 0 Å². The number of amides is 2. The largest absolute Gasteiger partial charge is 0.355 e. The highest BCUT2D eigenvalue weighted by Gasteiger charge is 2.13. The van der Waals surface area contributed by atoms with Crippen molar-refractivity contribution in [2.24, 2.45) is 0 Å². The third-order valence-corrected chi connectivity index (χ3v) is 1.90. The first-order valence-electron chi connectivity index (χ1n) is 5.39. The lowest BCUT2D eigenvalue weighted by atomic mass is 10.3. The van der Waals surface area contributed by atoms with Crippen LogP contribution >= 0.6 is 0 Å². The van der Waals surface area contributed by atoms with Crippen LogP contribution in [0.25, 0.3) is 0 Å². The van der Waals surface area contributed by atoms with E-state index in [0.29, 0.717) is 19.5 Å². The Morgan fingerprint density at radius 1 is 1.20 bits per heavy atom. The number of hydrogen-bond acceptors (Lipinski definition) is 3. The SMILES string of the molecule is CCNCCC(=O)NC(C)C(=O)NCC. The number of rotatable bonds is 7. The highest BCUT2D eigenvalue weighted by molar-refractivity contribution is 5.87. The van der Waals surface area contributed by atoms with E-state index in [4.69, 9.17) is 0 Å². The maximum Gasteiger partial charge on any atom is 0.242 e. The number of nitrogens with one attached hydrogen (secondary N) is 3. The van der Waals surface area contributed by atoms with Gasteiger partial charge in [-0.15, -0.1) is 0 Å². The second-order valence-corrected chi connectivity index (χ2v) is 3.29. The Balaban J connectivity index is 3.70. The third-order valence-electron chi connectivity index (χ3n) is 1.90.